The number of aromatic nitrogens is 2. The molecule has 0 aliphatic heterocycles. The smallest absolute Gasteiger partial charge is 0 e. The molecule has 1 rings (SSSR count). The fourth-order valence-corrected chi connectivity index (χ4v) is 1.40. The number of rotatable bonds is 3. The van der Waals surface area contributed by atoms with Gasteiger partial charge in [-0.05, 0) is 0 Å². The van der Waals surface area contributed by atoms with Gasteiger partial charge in [0.05, 0.1) is 0 Å². The van der Waals surface area contributed by atoms with Crippen LogP contribution >= 0.6 is 0 Å². The first kappa shape index (κ1) is 15.8. The molecule has 0 fully saturated rings. The molecule has 0 amide bonds. The first-order valence-corrected chi connectivity index (χ1v) is 5.02. The SMILES string of the molecule is [CH-]=c1ncnc([NH-])/c1=C/[C](=[V])C(=O)CC.[U]. The molecule has 1 aromatic rings. The van der Waals surface area contributed by atoms with Crippen LogP contribution < -0.4 is 10.6 Å². The molecule has 0 unspecified atom stereocenters. The Morgan fingerprint density at radius 2 is 2.25 bits per heavy atom. The van der Waals surface area contributed by atoms with E-state index in [0.717, 1.165) is 0 Å². The van der Waals surface area contributed by atoms with Gasteiger partial charge in [-0.3, -0.25) is 0 Å². The van der Waals surface area contributed by atoms with Gasteiger partial charge >= 0.3 is 96.2 Å². The summed E-state index contributed by atoms with van der Waals surface area (Å²) in [6.45, 7) is 7.35. The fraction of sp³-hybridized carbons (Fsp3) is 0.200. The third-order valence-electron chi connectivity index (χ3n) is 1.80. The van der Waals surface area contributed by atoms with Crippen molar-refractivity contribution in [2.24, 2.45) is 0 Å². The van der Waals surface area contributed by atoms with Gasteiger partial charge in [-0.15, -0.1) is 0 Å². The summed E-state index contributed by atoms with van der Waals surface area (Å²) in [5, 5.41) is 0.595. The average molecular weight is 476 g/mol. The Labute approximate surface area is 126 Å². The maximum Gasteiger partial charge on any atom is 0 e. The van der Waals surface area contributed by atoms with Crippen LogP contribution in [0.1, 0.15) is 13.3 Å². The zero-order valence-corrected chi connectivity index (χ0v) is 14.2. The standard InChI is InChI=1S/C10H9N3O.U.V/c1-3-8(14)4-5-9-7(2)12-6-13-10(9)11;;/h2,5-6H,3H2,1H3,(H-,11,12,13);;/q-2;;/b9-5+;;. The van der Waals surface area contributed by atoms with Gasteiger partial charge in [0, 0.05) is 31.1 Å². The van der Waals surface area contributed by atoms with E-state index in [-0.39, 0.29) is 48.1 Å². The quantitative estimate of drug-likeness (QED) is 0.574. The van der Waals surface area contributed by atoms with Crippen molar-refractivity contribution in [3.05, 3.63) is 22.6 Å². The number of ketones is 1. The summed E-state index contributed by atoms with van der Waals surface area (Å²) in [6, 6.07) is 0. The molecule has 1 aromatic heterocycles. The van der Waals surface area contributed by atoms with Crippen molar-refractivity contribution in [3.63, 3.8) is 0 Å². The van der Waals surface area contributed by atoms with Crippen LogP contribution in [0.5, 0.6) is 0 Å². The number of hydrogen-bond acceptors (Lipinski definition) is 3. The molecular weight excluding hydrogens is 467 g/mol. The van der Waals surface area contributed by atoms with Gasteiger partial charge in [-0.1, -0.05) is 0 Å². The number of nitrogens with one attached hydrogen (secondary N) is 1. The van der Waals surface area contributed by atoms with Crippen LogP contribution in [0, 0.1) is 31.1 Å². The van der Waals surface area contributed by atoms with Crippen LogP contribution in [0.2, 0.25) is 0 Å². The van der Waals surface area contributed by atoms with Gasteiger partial charge in [0.2, 0.25) is 0 Å². The van der Waals surface area contributed by atoms with E-state index in [9.17, 15) is 4.79 Å². The van der Waals surface area contributed by atoms with Crippen molar-refractivity contribution in [1.82, 2.24) is 9.97 Å². The minimum absolute atomic E-state index is 0. The third kappa shape index (κ3) is 3.99. The Hall–Kier alpha value is -0.204. The Morgan fingerprint density at radius 1 is 1.62 bits per heavy atom. The zero-order valence-electron chi connectivity index (χ0n) is 8.69. The summed E-state index contributed by atoms with van der Waals surface area (Å²) in [4.78, 5) is 18.8. The number of Topliss-reactive ketones (excluding diaryl/α,β-unsaturated/α-hetero) is 1. The molecule has 0 bridgehead atoms. The van der Waals surface area contributed by atoms with Crippen molar-refractivity contribution < 1.29 is 52.9 Å². The summed E-state index contributed by atoms with van der Waals surface area (Å²) in [6.07, 6.45) is 3.17. The minimum atomic E-state index is -0.00217. The summed E-state index contributed by atoms with van der Waals surface area (Å²) in [5.74, 6) is 0.0209. The van der Waals surface area contributed by atoms with E-state index in [1.165, 1.54) is 12.4 Å². The van der Waals surface area contributed by atoms with Crippen LogP contribution in [0.3, 0.4) is 0 Å². The first-order chi connectivity index (χ1) is 7.06. The molecule has 0 saturated heterocycles. The predicted octanol–water partition coefficient (Wildman–Crippen LogP) is -0.0736. The summed E-state index contributed by atoms with van der Waals surface area (Å²) >= 11 is 2.17. The number of nitrogens with zero attached hydrogens (tertiary/aromatic N) is 2. The molecular formula is C10H9N3OUV-2. The maximum absolute atomic E-state index is 11.3. The van der Waals surface area contributed by atoms with Crippen molar-refractivity contribution in [3.8, 4) is 0 Å². The van der Waals surface area contributed by atoms with Crippen LogP contribution in [0.25, 0.3) is 18.4 Å². The molecule has 6 heteroatoms. The van der Waals surface area contributed by atoms with Gasteiger partial charge in [-0.2, -0.15) is 0 Å². The monoisotopic (exact) mass is 476 g/mol. The molecule has 0 aliphatic rings. The van der Waals surface area contributed by atoms with E-state index in [1.54, 1.807) is 6.92 Å². The Kier molecular flexibility index (Phi) is 7.09. The van der Waals surface area contributed by atoms with E-state index in [1.807, 2.05) is 0 Å². The largest absolute Gasteiger partial charge is 0 e. The average Bonchev–Trinajstić information content (AvgIpc) is 2.22. The van der Waals surface area contributed by atoms with Crippen LogP contribution in [-0.2, 0) is 21.8 Å². The summed E-state index contributed by atoms with van der Waals surface area (Å²) in [7, 11) is 0. The first-order valence-electron chi connectivity index (χ1n) is 4.32. The van der Waals surface area contributed by atoms with E-state index in [2.05, 4.69) is 26.9 Å². The number of carbonyl (C=O) groups is 1. The molecule has 1 N–H and O–H groups in total. The van der Waals surface area contributed by atoms with Crippen LogP contribution in [0.4, 0.5) is 5.82 Å². The molecule has 0 aromatic carbocycles. The molecule has 0 saturated carbocycles. The van der Waals surface area contributed by atoms with Crippen LogP contribution in [0.15, 0.2) is 6.33 Å². The Balaban J connectivity index is 0.00000225. The third-order valence-corrected chi connectivity index (χ3v) is 2.39. The van der Waals surface area contributed by atoms with Gasteiger partial charge in [0.15, 0.2) is 0 Å². The van der Waals surface area contributed by atoms with Gasteiger partial charge in [0.1, 0.15) is 0 Å². The van der Waals surface area contributed by atoms with E-state index in [0.29, 0.717) is 15.9 Å². The molecule has 81 valence electrons. The minimum Gasteiger partial charge on any atom is 0 e. The fourth-order valence-electron chi connectivity index (χ4n) is 0.950. The zero-order chi connectivity index (χ0) is 11.4. The van der Waals surface area contributed by atoms with E-state index >= 15 is 0 Å². The number of hydrogen-bond donors (Lipinski definition) is 0. The Morgan fingerprint density at radius 3 is 2.75 bits per heavy atom. The normalized spacial score (nSPS) is 10.6. The van der Waals surface area contributed by atoms with Gasteiger partial charge in [0.25, 0.3) is 0 Å². The summed E-state index contributed by atoms with van der Waals surface area (Å²) in [5.41, 5.74) is 7.51. The molecule has 16 heavy (non-hydrogen) atoms. The second-order valence-electron chi connectivity index (χ2n) is 2.83. The molecule has 1 heterocycles. The Bertz CT molecular complexity index is 515. The van der Waals surface area contributed by atoms with Gasteiger partial charge < -0.3 is 0 Å². The number of carbonyl (C=O) groups excluding carboxylic acids is 1. The van der Waals surface area contributed by atoms with Crippen LogP contribution in [-0.4, -0.2) is 20.0 Å². The van der Waals surface area contributed by atoms with Crippen molar-refractivity contribution >= 4 is 28.5 Å². The van der Waals surface area contributed by atoms with E-state index in [4.69, 9.17) is 12.3 Å². The maximum atomic E-state index is 11.3. The molecule has 0 radical (unpaired) electrons. The molecule has 4 nitrogen and oxygen atoms in total. The topological polar surface area (TPSA) is 66.7 Å². The van der Waals surface area contributed by atoms with Crippen molar-refractivity contribution in [1.29, 1.82) is 0 Å². The van der Waals surface area contributed by atoms with E-state index < -0.39 is 0 Å². The second-order valence-corrected chi connectivity index (χ2v) is 3.58. The van der Waals surface area contributed by atoms with Crippen molar-refractivity contribution in [2.45, 2.75) is 13.3 Å². The summed E-state index contributed by atoms with van der Waals surface area (Å²) < 4.78 is 0.500. The molecule has 0 spiro atoms. The van der Waals surface area contributed by atoms with Crippen molar-refractivity contribution in [2.75, 3.05) is 0 Å². The molecule has 0 aliphatic carbocycles. The predicted molar refractivity (Wildman–Crippen MR) is 54.5 cm³/mol. The van der Waals surface area contributed by atoms with Gasteiger partial charge in [-0.25, -0.2) is 0 Å². The second kappa shape index (κ2) is 7.19. The molecule has 0 atom stereocenters.